The summed E-state index contributed by atoms with van der Waals surface area (Å²) in [5.74, 6) is 1.61. The molecule has 0 aliphatic heterocycles. The molecule has 0 aromatic heterocycles. The Bertz CT molecular complexity index is 449. The van der Waals surface area contributed by atoms with E-state index >= 15 is 0 Å². The number of hydrogen-bond acceptors (Lipinski definition) is 3. The first-order valence-corrected chi connectivity index (χ1v) is 7.01. The zero-order valence-corrected chi connectivity index (χ0v) is 13.6. The summed E-state index contributed by atoms with van der Waals surface area (Å²) in [6.07, 6.45) is 4.48. The zero-order chi connectivity index (χ0) is 12.4. The molecule has 2 aliphatic rings. The minimum Gasteiger partial charge on any atom is -0.377 e. The first kappa shape index (κ1) is 15.5. The van der Waals surface area contributed by atoms with E-state index in [2.05, 4.69) is 37.1 Å². The molecule has 2 rings (SSSR count). The van der Waals surface area contributed by atoms with E-state index in [1.807, 2.05) is 0 Å². The fourth-order valence-corrected chi connectivity index (χ4v) is 2.94. The number of nitrogens with zero attached hydrogens (tertiary/aromatic N) is 2. The van der Waals surface area contributed by atoms with Gasteiger partial charge in [-0.3, -0.25) is 0 Å². The third-order valence-electron chi connectivity index (χ3n) is 3.18. The van der Waals surface area contributed by atoms with E-state index in [-0.39, 0.29) is 17.0 Å². The van der Waals surface area contributed by atoms with Crippen molar-refractivity contribution in [2.24, 2.45) is 21.9 Å². The summed E-state index contributed by atoms with van der Waals surface area (Å²) in [5, 5.41) is 8.91. The minimum absolute atomic E-state index is 0. The van der Waals surface area contributed by atoms with E-state index in [1.54, 1.807) is 0 Å². The molecule has 100 valence electrons. The van der Waals surface area contributed by atoms with E-state index in [0.717, 1.165) is 17.9 Å². The number of amidine groups is 1. The van der Waals surface area contributed by atoms with Crippen LogP contribution in [0.15, 0.2) is 33.0 Å². The van der Waals surface area contributed by atoms with E-state index in [4.69, 9.17) is 5.73 Å². The monoisotopic (exact) mass is 329 g/mol. The van der Waals surface area contributed by atoms with Crippen molar-refractivity contribution in [1.29, 1.82) is 0 Å². The molecule has 1 saturated carbocycles. The van der Waals surface area contributed by atoms with Gasteiger partial charge in [0.1, 0.15) is 0 Å². The number of fused-ring (bicyclic) bond motifs is 1. The highest BCUT2D eigenvalue weighted by Gasteiger charge is 2.34. The van der Waals surface area contributed by atoms with Crippen molar-refractivity contribution in [1.82, 2.24) is 0 Å². The predicted octanol–water partition coefficient (Wildman–Crippen LogP) is 3.67. The molecule has 0 heterocycles. The highest BCUT2D eigenvalue weighted by Crippen LogP contribution is 2.41. The number of thioether (sulfide) groups is 1. The van der Waals surface area contributed by atoms with Crippen LogP contribution in [-0.4, -0.2) is 16.6 Å². The fourth-order valence-electron chi connectivity index (χ4n) is 2.55. The van der Waals surface area contributed by atoms with Gasteiger partial charge in [0.15, 0.2) is 5.17 Å². The van der Waals surface area contributed by atoms with Gasteiger partial charge in [-0.2, -0.15) is 5.10 Å². The summed E-state index contributed by atoms with van der Waals surface area (Å²) in [5.41, 5.74) is 11.1. The van der Waals surface area contributed by atoms with Crippen LogP contribution in [0, 0.1) is 5.92 Å². The van der Waals surface area contributed by atoms with Gasteiger partial charge in [-0.05, 0) is 49.5 Å². The number of nitrogens with two attached hydrogens (primary N) is 1. The highest BCUT2D eigenvalue weighted by atomic mass is 79.9. The van der Waals surface area contributed by atoms with Crippen molar-refractivity contribution < 1.29 is 0 Å². The Morgan fingerprint density at radius 1 is 1.44 bits per heavy atom. The summed E-state index contributed by atoms with van der Waals surface area (Å²) in [6.45, 7) is 6.41. The molecule has 0 bridgehead atoms. The zero-order valence-electron chi connectivity index (χ0n) is 11.1. The molecule has 0 radical (unpaired) electrons. The van der Waals surface area contributed by atoms with Crippen LogP contribution in [0.3, 0.4) is 0 Å². The van der Waals surface area contributed by atoms with Gasteiger partial charge in [-0.1, -0.05) is 30.3 Å². The van der Waals surface area contributed by atoms with Crippen LogP contribution in [0.1, 0.15) is 33.6 Å². The van der Waals surface area contributed by atoms with Gasteiger partial charge < -0.3 is 5.73 Å². The molecule has 0 aromatic rings. The average molecular weight is 330 g/mol. The summed E-state index contributed by atoms with van der Waals surface area (Å²) in [7, 11) is 0. The Labute approximate surface area is 123 Å². The van der Waals surface area contributed by atoms with Crippen LogP contribution in [0.5, 0.6) is 0 Å². The standard InChI is InChI=1S/C13H19N3S.BrH/c1-4-17-13(14)16-15-11-7-10-6-8(2)5-9(3)12(10)11;/h5,10H,4,6-7H2,1-3H3,(H2,14,16);1H. The minimum atomic E-state index is 0. The summed E-state index contributed by atoms with van der Waals surface area (Å²) in [6, 6.07) is 0. The molecule has 0 amide bonds. The second kappa shape index (κ2) is 6.57. The molecule has 18 heavy (non-hydrogen) atoms. The molecule has 1 atom stereocenters. The molecule has 0 saturated heterocycles. The van der Waals surface area contributed by atoms with Crippen LogP contribution >= 0.6 is 28.7 Å². The Morgan fingerprint density at radius 3 is 2.78 bits per heavy atom. The first-order valence-electron chi connectivity index (χ1n) is 6.03. The van der Waals surface area contributed by atoms with Crippen LogP contribution in [0.25, 0.3) is 0 Å². The lowest BCUT2D eigenvalue weighted by atomic mass is 9.69. The first-order chi connectivity index (χ1) is 8.11. The van der Waals surface area contributed by atoms with Crippen molar-refractivity contribution >= 4 is 39.6 Å². The van der Waals surface area contributed by atoms with E-state index in [0.29, 0.717) is 11.1 Å². The Kier molecular flexibility index (Phi) is 5.66. The van der Waals surface area contributed by atoms with Gasteiger partial charge in [0.25, 0.3) is 0 Å². The molecular weight excluding hydrogens is 310 g/mol. The highest BCUT2D eigenvalue weighted by molar-refractivity contribution is 8.93. The van der Waals surface area contributed by atoms with Crippen molar-refractivity contribution in [3.8, 4) is 0 Å². The van der Waals surface area contributed by atoms with Crippen LogP contribution < -0.4 is 5.73 Å². The lowest BCUT2D eigenvalue weighted by molar-refractivity contribution is 0.583. The molecule has 3 nitrogen and oxygen atoms in total. The molecule has 2 aliphatic carbocycles. The molecule has 1 fully saturated rings. The van der Waals surface area contributed by atoms with Gasteiger partial charge >= 0.3 is 0 Å². The second-order valence-electron chi connectivity index (χ2n) is 4.61. The van der Waals surface area contributed by atoms with E-state index < -0.39 is 0 Å². The third-order valence-corrected chi connectivity index (χ3v) is 3.84. The largest absolute Gasteiger partial charge is 0.377 e. The van der Waals surface area contributed by atoms with Gasteiger partial charge in [0.2, 0.25) is 0 Å². The lowest BCUT2D eigenvalue weighted by Crippen LogP contribution is -2.31. The summed E-state index contributed by atoms with van der Waals surface area (Å²) in [4.78, 5) is 0. The van der Waals surface area contributed by atoms with Gasteiger partial charge in [-0.15, -0.1) is 22.1 Å². The normalized spacial score (nSPS) is 25.3. The molecule has 5 heteroatoms. The summed E-state index contributed by atoms with van der Waals surface area (Å²) < 4.78 is 0. The maximum Gasteiger partial charge on any atom is 0.180 e. The molecule has 0 aromatic carbocycles. The second-order valence-corrected chi connectivity index (χ2v) is 5.89. The molecule has 1 unspecified atom stereocenters. The molecular formula is C13H20BrN3S. The van der Waals surface area contributed by atoms with Gasteiger partial charge in [0.05, 0.1) is 5.71 Å². The molecule has 0 spiro atoms. The van der Waals surface area contributed by atoms with E-state index in [9.17, 15) is 0 Å². The maximum absolute atomic E-state index is 5.71. The maximum atomic E-state index is 5.71. The molecule has 2 N–H and O–H groups in total. The fraction of sp³-hybridized carbons (Fsp3) is 0.538. The van der Waals surface area contributed by atoms with Gasteiger partial charge in [-0.25, -0.2) is 0 Å². The number of halogens is 1. The lowest BCUT2D eigenvalue weighted by Gasteiger charge is -2.36. The van der Waals surface area contributed by atoms with Crippen LogP contribution in [-0.2, 0) is 0 Å². The van der Waals surface area contributed by atoms with Crippen molar-refractivity contribution in [2.75, 3.05) is 5.75 Å². The summed E-state index contributed by atoms with van der Waals surface area (Å²) >= 11 is 1.53. The number of rotatable bonds is 2. The number of allylic oxidation sites excluding steroid dienone is 4. The quantitative estimate of drug-likeness (QED) is 0.477. The smallest absolute Gasteiger partial charge is 0.180 e. The van der Waals surface area contributed by atoms with E-state index in [1.165, 1.54) is 34.9 Å². The predicted molar refractivity (Wildman–Crippen MR) is 86.7 cm³/mol. The topological polar surface area (TPSA) is 50.7 Å². The average Bonchev–Trinajstić information content (AvgIpc) is 2.20. The van der Waals surface area contributed by atoms with Crippen LogP contribution in [0.4, 0.5) is 0 Å². The van der Waals surface area contributed by atoms with Crippen molar-refractivity contribution in [3.63, 3.8) is 0 Å². The third kappa shape index (κ3) is 3.26. The van der Waals surface area contributed by atoms with Crippen LogP contribution in [0.2, 0.25) is 0 Å². The van der Waals surface area contributed by atoms with Gasteiger partial charge in [0, 0.05) is 0 Å². The number of hydrogen-bond donors (Lipinski definition) is 1. The SMILES string of the molecule is Br.CCSC(N)=NN=C1CC2CC(C)=CC(C)=C12. The van der Waals surface area contributed by atoms with Crippen molar-refractivity contribution in [3.05, 3.63) is 22.8 Å². The Morgan fingerprint density at radius 2 is 2.17 bits per heavy atom. The van der Waals surface area contributed by atoms with Crippen molar-refractivity contribution in [2.45, 2.75) is 33.6 Å². The Hall–Kier alpha value is -0.550. The Balaban J connectivity index is 0.00000162.